The molecule has 0 spiro atoms. The van der Waals surface area contributed by atoms with Gasteiger partial charge in [0.15, 0.2) is 0 Å². The Morgan fingerprint density at radius 1 is 1.10 bits per heavy atom. The Hall–Kier alpha value is -2.55. The molecule has 0 atom stereocenters. The van der Waals surface area contributed by atoms with E-state index in [0.29, 0.717) is 42.8 Å². The lowest BCUT2D eigenvalue weighted by atomic mass is 10.2. The van der Waals surface area contributed by atoms with Gasteiger partial charge in [0, 0.05) is 29.8 Å². The van der Waals surface area contributed by atoms with Gasteiger partial charge in [-0.15, -0.1) is 0 Å². The highest BCUT2D eigenvalue weighted by molar-refractivity contribution is 8.18. The molecule has 0 radical (unpaired) electrons. The molecule has 1 aromatic heterocycles. The molecule has 2 aliphatic heterocycles. The van der Waals surface area contributed by atoms with Gasteiger partial charge in [-0.25, -0.2) is 0 Å². The Labute approximate surface area is 176 Å². The normalized spacial score (nSPS) is 18.7. The second-order valence-electron chi connectivity index (χ2n) is 6.47. The van der Waals surface area contributed by atoms with E-state index >= 15 is 0 Å². The highest BCUT2D eigenvalue weighted by Crippen LogP contribution is 2.33. The van der Waals surface area contributed by atoms with Crippen molar-refractivity contribution in [2.75, 3.05) is 32.8 Å². The van der Waals surface area contributed by atoms with Crippen molar-refractivity contribution < 1.29 is 23.5 Å². The van der Waals surface area contributed by atoms with Crippen LogP contribution in [0, 0.1) is 0 Å². The zero-order valence-corrected chi connectivity index (χ0v) is 16.9. The van der Waals surface area contributed by atoms with Gasteiger partial charge < -0.3 is 14.1 Å². The average Bonchev–Trinajstić information content (AvgIpc) is 3.29. The quantitative estimate of drug-likeness (QED) is 0.688. The Morgan fingerprint density at radius 3 is 2.55 bits per heavy atom. The molecule has 3 heterocycles. The molecule has 7 nitrogen and oxygen atoms in total. The maximum Gasteiger partial charge on any atom is 0.294 e. The van der Waals surface area contributed by atoms with Gasteiger partial charge in [-0.2, -0.15) is 0 Å². The molecular formula is C20H17ClN2O5S. The molecule has 2 saturated heterocycles. The zero-order chi connectivity index (χ0) is 20.4. The molecule has 2 fully saturated rings. The van der Waals surface area contributed by atoms with Gasteiger partial charge in [-0.1, -0.05) is 11.6 Å². The summed E-state index contributed by atoms with van der Waals surface area (Å²) < 4.78 is 11.0. The number of imide groups is 1. The smallest absolute Gasteiger partial charge is 0.294 e. The number of halogens is 1. The van der Waals surface area contributed by atoms with E-state index in [1.807, 2.05) is 12.1 Å². The third-order valence-electron chi connectivity index (χ3n) is 4.56. The number of nitrogens with zero attached hydrogens (tertiary/aromatic N) is 2. The molecule has 2 aromatic rings. The number of carbonyl (C=O) groups is 3. The van der Waals surface area contributed by atoms with Crippen LogP contribution in [0.2, 0.25) is 5.02 Å². The topological polar surface area (TPSA) is 80.1 Å². The maximum atomic E-state index is 12.6. The van der Waals surface area contributed by atoms with Gasteiger partial charge in [-0.3, -0.25) is 19.3 Å². The standard InChI is InChI=1S/C20H17ClN2O5S/c21-14-3-1-13(2-4-14)16-6-5-15(28-16)11-17-19(25)23(20(26)29-17)12-18(24)22-7-9-27-10-8-22/h1-6,11H,7-10,12H2/b17-11+. The average molecular weight is 433 g/mol. The predicted molar refractivity (Wildman–Crippen MR) is 109 cm³/mol. The molecule has 0 N–H and O–H groups in total. The molecule has 29 heavy (non-hydrogen) atoms. The Morgan fingerprint density at radius 2 is 1.83 bits per heavy atom. The van der Waals surface area contributed by atoms with Gasteiger partial charge in [-0.05, 0) is 48.2 Å². The minimum atomic E-state index is -0.494. The van der Waals surface area contributed by atoms with E-state index < -0.39 is 11.1 Å². The zero-order valence-electron chi connectivity index (χ0n) is 15.3. The van der Waals surface area contributed by atoms with Gasteiger partial charge in [0.2, 0.25) is 5.91 Å². The molecule has 150 valence electrons. The third kappa shape index (κ3) is 4.39. The fourth-order valence-electron chi connectivity index (χ4n) is 3.01. The van der Waals surface area contributed by atoms with Gasteiger partial charge in [0.05, 0.1) is 18.1 Å². The first-order chi connectivity index (χ1) is 14.0. The molecule has 2 aliphatic rings. The number of thioether (sulfide) groups is 1. The van der Waals surface area contributed by atoms with Crippen LogP contribution in [-0.4, -0.2) is 59.7 Å². The third-order valence-corrected chi connectivity index (χ3v) is 5.72. The summed E-state index contributed by atoms with van der Waals surface area (Å²) in [4.78, 5) is 40.0. The second-order valence-corrected chi connectivity index (χ2v) is 7.90. The minimum Gasteiger partial charge on any atom is -0.457 e. The molecule has 1 aromatic carbocycles. The lowest BCUT2D eigenvalue weighted by molar-refractivity contribution is -0.139. The Kier molecular flexibility index (Phi) is 5.75. The van der Waals surface area contributed by atoms with Crippen LogP contribution < -0.4 is 0 Å². The monoisotopic (exact) mass is 432 g/mol. The Balaban J connectivity index is 1.46. The van der Waals surface area contributed by atoms with Crippen molar-refractivity contribution in [3.63, 3.8) is 0 Å². The Bertz CT molecular complexity index is 979. The van der Waals surface area contributed by atoms with Gasteiger partial charge in [0.25, 0.3) is 11.1 Å². The van der Waals surface area contributed by atoms with Gasteiger partial charge in [0.1, 0.15) is 18.1 Å². The van der Waals surface area contributed by atoms with Crippen molar-refractivity contribution in [2.24, 2.45) is 0 Å². The maximum absolute atomic E-state index is 12.6. The fourth-order valence-corrected chi connectivity index (χ4v) is 3.96. The number of benzene rings is 1. The summed E-state index contributed by atoms with van der Waals surface area (Å²) in [7, 11) is 0. The first-order valence-corrected chi connectivity index (χ1v) is 10.2. The largest absolute Gasteiger partial charge is 0.457 e. The van der Waals surface area contributed by atoms with Crippen molar-refractivity contribution in [1.82, 2.24) is 9.80 Å². The number of hydrogen-bond donors (Lipinski definition) is 0. The summed E-state index contributed by atoms with van der Waals surface area (Å²) in [5.41, 5.74) is 0.846. The van der Waals surface area contributed by atoms with Crippen LogP contribution in [0.5, 0.6) is 0 Å². The number of morpholine rings is 1. The molecule has 4 rings (SSSR count). The summed E-state index contributed by atoms with van der Waals surface area (Å²) in [6.45, 7) is 1.58. The first-order valence-electron chi connectivity index (χ1n) is 8.98. The van der Waals surface area contributed by atoms with E-state index in [9.17, 15) is 14.4 Å². The molecule has 0 saturated carbocycles. The van der Waals surface area contributed by atoms with Crippen LogP contribution in [-0.2, 0) is 14.3 Å². The summed E-state index contributed by atoms with van der Waals surface area (Å²) in [5, 5.41) is 0.160. The van der Waals surface area contributed by atoms with E-state index in [1.165, 1.54) is 6.08 Å². The van der Waals surface area contributed by atoms with Crippen molar-refractivity contribution in [1.29, 1.82) is 0 Å². The number of rotatable bonds is 4. The summed E-state index contributed by atoms with van der Waals surface area (Å²) >= 11 is 6.69. The molecular weight excluding hydrogens is 416 g/mol. The van der Waals surface area contributed by atoms with Crippen LogP contribution in [0.15, 0.2) is 45.7 Å². The summed E-state index contributed by atoms with van der Waals surface area (Å²) in [6, 6.07) is 10.7. The first kappa shape index (κ1) is 19.8. The minimum absolute atomic E-state index is 0.224. The number of hydrogen-bond acceptors (Lipinski definition) is 6. The van der Waals surface area contributed by atoms with Crippen LogP contribution in [0.4, 0.5) is 4.79 Å². The molecule has 0 unspecified atom stereocenters. The lowest BCUT2D eigenvalue weighted by Crippen LogP contribution is -2.46. The number of furan rings is 1. The molecule has 9 heteroatoms. The van der Waals surface area contributed by atoms with Crippen molar-refractivity contribution in [3.05, 3.63) is 52.1 Å². The van der Waals surface area contributed by atoms with Crippen LogP contribution in [0.3, 0.4) is 0 Å². The SMILES string of the molecule is O=C(CN1C(=O)S/C(=C/c2ccc(-c3ccc(Cl)cc3)o2)C1=O)N1CCOCC1. The lowest BCUT2D eigenvalue weighted by Gasteiger charge is -2.27. The summed E-state index contributed by atoms with van der Waals surface area (Å²) in [5.74, 6) is 0.306. The summed E-state index contributed by atoms with van der Waals surface area (Å²) in [6.07, 6.45) is 1.52. The molecule has 0 bridgehead atoms. The fraction of sp³-hybridized carbons (Fsp3) is 0.250. The van der Waals surface area contributed by atoms with Crippen molar-refractivity contribution >= 4 is 46.5 Å². The number of carbonyl (C=O) groups excluding carboxylic acids is 3. The van der Waals surface area contributed by atoms with E-state index in [4.69, 9.17) is 20.8 Å². The van der Waals surface area contributed by atoms with Crippen molar-refractivity contribution in [2.45, 2.75) is 0 Å². The van der Waals surface area contributed by atoms with Crippen LogP contribution in [0.25, 0.3) is 17.4 Å². The van der Waals surface area contributed by atoms with Crippen LogP contribution >= 0.6 is 23.4 Å². The number of amides is 3. The number of ether oxygens (including phenoxy) is 1. The van der Waals surface area contributed by atoms with E-state index in [-0.39, 0.29) is 17.4 Å². The second kappa shape index (κ2) is 8.44. The molecule has 0 aliphatic carbocycles. The molecule has 3 amide bonds. The highest BCUT2D eigenvalue weighted by atomic mass is 35.5. The van der Waals surface area contributed by atoms with Crippen molar-refractivity contribution in [3.8, 4) is 11.3 Å². The van der Waals surface area contributed by atoms with Gasteiger partial charge >= 0.3 is 0 Å². The predicted octanol–water partition coefficient (Wildman–Crippen LogP) is 3.50. The van der Waals surface area contributed by atoms with E-state index in [1.54, 1.807) is 29.2 Å². The van der Waals surface area contributed by atoms with Crippen LogP contribution in [0.1, 0.15) is 5.76 Å². The van der Waals surface area contributed by atoms with E-state index in [2.05, 4.69) is 0 Å². The highest BCUT2D eigenvalue weighted by Gasteiger charge is 2.37. The van der Waals surface area contributed by atoms with E-state index in [0.717, 1.165) is 22.2 Å².